The van der Waals surface area contributed by atoms with Crippen LogP contribution in [-0.2, 0) is 14.9 Å². The van der Waals surface area contributed by atoms with Crippen LogP contribution in [0.25, 0.3) is 0 Å². The largest absolute Gasteiger partial charge is 0.446 e. The van der Waals surface area contributed by atoms with Crippen molar-refractivity contribution in [2.45, 2.75) is 47.6 Å². The topological polar surface area (TPSA) is 84.5 Å². The van der Waals surface area contributed by atoms with Gasteiger partial charge in [0.05, 0.1) is 6.10 Å². The summed E-state index contributed by atoms with van der Waals surface area (Å²) in [6.45, 7) is 11.7. The Morgan fingerprint density at radius 1 is 1.05 bits per heavy atom. The molecule has 19 heavy (non-hydrogen) atoms. The fourth-order valence-electron chi connectivity index (χ4n) is 1.83. The number of nitrogens with one attached hydrogen (secondary N) is 2. The summed E-state index contributed by atoms with van der Waals surface area (Å²) < 4.78 is 32.2. The first-order valence-electron chi connectivity index (χ1n) is 6.53. The summed E-state index contributed by atoms with van der Waals surface area (Å²) in [5.74, 6) is 0.910. The molecule has 0 aliphatic heterocycles. The molecule has 0 radical (unpaired) electrons. The van der Waals surface area contributed by atoms with E-state index < -0.39 is 16.3 Å². The van der Waals surface area contributed by atoms with Gasteiger partial charge < -0.3 is 4.74 Å². The number of carbonyl (C=O) groups excluding carboxylic acids is 1. The number of carbonyl (C=O) groups is 1. The quantitative estimate of drug-likeness (QED) is 0.751. The highest BCUT2D eigenvalue weighted by Crippen LogP contribution is 2.19. The molecule has 0 aliphatic rings. The predicted molar refractivity (Wildman–Crippen MR) is 74.8 cm³/mol. The Labute approximate surface area is 116 Å². The normalized spacial score (nSPS) is 12.5. The molecule has 6 nitrogen and oxygen atoms in total. The van der Waals surface area contributed by atoms with E-state index in [0.29, 0.717) is 18.4 Å². The minimum absolute atomic E-state index is 0.206. The average molecular weight is 294 g/mol. The molecule has 1 amide bonds. The van der Waals surface area contributed by atoms with Crippen LogP contribution in [0.5, 0.6) is 0 Å². The fraction of sp³-hybridized carbons (Fsp3) is 0.917. The Hall–Kier alpha value is -0.820. The van der Waals surface area contributed by atoms with Crippen LogP contribution in [-0.4, -0.2) is 27.2 Å². The first-order chi connectivity index (χ1) is 8.55. The van der Waals surface area contributed by atoms with Gasteiger partial charge in [0.25, 0.3) is 0 Å². The maximum absolute atomic E-state index is 11.6. The van der Waals surface area contributed by atoms with Gasteiger partial charge in [0.1, 0.15) is 0 Å². The summed E-state index contributed by atoms with van der Waals surface area (Å²) in [4.78, 5) is 11.2. The maximum atomic E-state index is 11.6. The summed E-state index contributed by atoms with van der Waals surface area (Å²) in [6, 6.07) is 0. The molecule has 0 unspecified atom stereocenters. The molecule has 0 aromatic carbocycles. The number of rotatable bonds is 7. The molecule has 0 bridgehead atoms. The number of hydrogen-bond acceptors (Lipinski definition) is 4. The van der Waals surface area contributed by atoms with Gasteiger partial charge in [0, 0.05) is 6.54 Å². The SMILES string of the molecule is CC(C)OC(=O)NS(=O)(=O)NCC(C(C)C)C(C)C. The van der Waals surface area contributed by atoms with Crippen molar-refractivity contribution in [2.24, 2.45) is 17.8 Å². The van der Waals surface area contributed by atoms with E-state index in [0.717, 1.165) is 0 Å². The molecule has 114 valence electrons. The minimum atomic E-state index is -3.86. The minimum Gasteiger partial charge on any atom is -0.446 e. The van der Waals surface area contributed by atoms with Gasteiger partial charge in [-0.3, -0.25) is 0 Å². The lowest BCUT2D eigenvalue weighted by Crippen LogP contribution is -2.44. The third kappa shape index (κ3) is 8.05. The van der Waals surface area contributed by atoms with Gasteiger partial charge in [-0.25, -0.2) is 9.52 Å². The highest BCUT2D eigenvalue weighted by atomic mass is 32.2. The lowest BCUT2D eigenvalue weighted by molar-refractivity contribution is 0.121. The van der Waals surface area contributed by atoms with E-state index in [4.69, 9.17) is 4.74 Å². The van der Waals surface area contributed by atoms with E-state index in [-0.39, 0.29) is 12.0 Å². The molecular weight excluding hydrogens is 268 g/mol. The molecule has 7 heteroatoms. The molecular formula is C12H26N2O4S. The molecule has 0 saturated carbocycles. The van der Waals surface area contributed by atoms with E-state index >= 15 is 0 Å². The summed E-state index contributed by atoms with van der Waals surface area (Å²) in [5.41, 5.74) is 0. The van der Waals surface area contributed by atoms with Crippen molar-refractivity contribution in [2.75, 3.05) is 6.54 Å². The molecule has 0 aromatic heterocycles. The second kappa shape index (κ2) is 7.69. The second-order valence-electron chi connectivity index (χ2n) is 5.56. The number of hydrogen-bond donors (Lipinski definition) is 2. The monoisotopic (exact) mass is 294 g/mol. The molecule has 0 rings (SSSR count). The van der Waals surface area contributed by atoms with Gasteiger partial charge in [-0.1, -0.05) is 27.7 Å². The van der Waals surface area contributed by atoms with Gasteiger partial charge >= 0.3 is 16.3 Å². The van der Waals surface area contributed by atoms with Gasteiger partial charge in [-0.05, 0) is 31.6 Å². The average Bonchev–Trinajstić information content (AvgIpc) is 2.12. The van der Waals surface area contributed by atoms with Crippen LogP contribution >= 0.6 is 0 Å². The van der Waals surface area contributed by atoms with Gasteiger partial charge in [-0.15, -0.1) is 0 Å². The van der Waals surface area contributed by atoms with Crippen LogP contribution in [0, 0.1) is 17.8 Å². The van der Waals surface area contributed by atoms with Crippen molar-refractivity contribution in [3.05, 3.63) is 0 Å². The Bertz CT molecular complexity index is 369. The highest BCUT2D eigenvalue weighted by Gasteiger charge is 2.22. The van der Waals surface area contributed by atoms with Crippen LogP contribution in [0.4, 0.5) is 4.79 Å². The number of amides is 1. The van der Waals surface area contributed by atoms with Crippen LogP contribution in [0.2, 0.25) is 0 Å². The van der Waals surface area contributed by atoms with Gasteiger partial charge in [0.2, 0.25) is 0 Å². The smallest absolute Gasteiger partial charge is 0.422 e. The van der Waals surface area contributed by atoms with Gasteiger partial charge in [-0.2, -0.15) is 13.1 Å². The van der Waals surface area contributed by atoms with E-state index in [1.54, 1.807) is 13.8 Å². The zero-order chi connectivity index (χ0) is 15.2. The Morgan fingerprint density at radius 3 is 1.89 bits per heavy atom. The van der Waals surface area contributed by atoms with E-state index in [1.165, 1.54) is 0 Å². The summed E-state index contributed by atoms with van der Waals surface area (Å²) in [5, 5.41) is 0. The molecule has 0 fully saturated rings. The summed E-state index contributed by atoms with van der Waals surface area (Å²) >= 11 is 0. The van der Waals surface area contributed by atoms with E-state index in [2.05, 4.69) is 4.72 Å². The van der Waals surface area contributed by atoms with Crippen LogP contribution < -0.4 is 9.44 Å². The second-order valence-corrected chi connectivity index (χ2v) is 7.06. The first kappa shape index (κ1) is 18.2. The maximum Gasteiger partial charge on any atom is 0.422 e. The molecule has 0 spiro atoms. The predicted octanol–water partition coefficient (Wildman–Crippen LogP) is 1.88. The highest BCUT2D eigenvalue weighted by molar-refractivity contribution is 7.88. The summed E-state index contributed by atoms with van der Waals surface area (Å²) in [7, 11) is -3.86. The van der Waals surface area contributed by atoms with Crippen molar-refractivity contribution < 1.29 is 17.9 Å². The third-order valence-corrected chi connectivity index (χ3v) is 3.76. The van der Waals surface area contributed by atoms with Crippen molar-refractivity contribution in [3.63, 3.8) is 0 Å². The zero-order valence-corrected chi connectivity index (χ0v) is 13.4. The molecule has 0 saturated heterocycles. The van der Waals surface area contributed by atoms with Crippen molar-refractivity contribution in [1.29, 1.82) is 0 Å². The van der Waals surface area contributed by atoms with Crippen molar-refractivity contribution >= 4 is 16.3 Å². The first-order valence-corrected chi connectivity index (χ1v) is 8.01. The lowest BCUT2D eigenvalue weighted by Gasteiger charge is -2.24. The lowest BCUT2D eigenvalue weighted by atomic mass is 9.86. The molecule has 2 N–H and O–H groups in total. The molecule has 0 aliphatic carbocycles. The van der Waals surface area contributed by atoms with Crippen molar-refractivity contribution in [1.82, 2.24) is 9.44 Å². The van der Waals surface area contributed by atoms with Gasteiger partial charge in [0.15, 0.2) is 0 Å². The summed E-state index contributed by atoms with van der Waals surface area (Å²) in [6.07, 6.45) is -1.33. The van der Waals surface area contributed by atoms with Crippen LogP contribution in [0.3, 0.4) is 0 Å². The molecule has 0 atom stereocenters. The van der Waals surface area contributed by atoms with E-state index in [9.17, 15) is 13.2 Å². The van der Waals surface area contributed by atoms with Crippen molar-refractivity contribution in [3.8, 4) is 0 Å². The Kier molecular flexibility index (Phi) is 7.36. The van der Waals surface area contributed by atoms with Crippen LogP contribution in [0.15, 0.2) is 0 Å². The standard InChI is InChI=1S/C12H26N2O4S/c1-8(2)11(9(3)4)7-13-19(16,17)14-12(15)18-10(5)6/h8-11,13H,7H2,1-6H3,(H,14,15). The Morgan fingerprint density at radius 2 is 1.53 bits per heavy atom. The zero-order valence-electron chi connectivity index (χ0n) is 12.6. The molecule has 0 heterocycles. The van der Waals surface area contributed by atoms with Crippen LogP contribution in [0.1, 0.15) is 41.5 Å². The fourth-order valence-corrected chi connectivity index (χ4v) is 2.58. The Balaban J connectivity index is 4.41. The third-order valence-electron chi connectivity index (χ3n) is 2.78. The number of ether oxygens (including phenoxy) is 1. The molecule has 0 aromatic rings. The van der Waals surface area contributed by atoms with E-state index in [1.807, 2.05) is 32.4 Å².